The smallest absolute Gasteiger partial charge is 0.329 e. The van der Waals surface area contributed by atoms with Gasteiger partial charge in [0.15, 0.2) is 29.8 Å². The number of furan rings is 1. The second-order valence-corrected chi connectivity index (χ2v) is 6.35. The molecule has 1 amide bonds. The Hall–Kier alpha value is -3.81. The number of benzene rings is 2. The van der Waals surface area contributed by atoms with Crippen LogP contribution in [0.3, 0.4) is 0 Å². The van der Waals surface area contributed by atoms with Crippen LogP contribution in [0.2, 0.25) is 0 Å². The monoisotopic (exact) mass is 413 g/mol. The minimum Gasteiger partial charge on any atom is -0.459 e. The highest BCUT2D eigenvalue weighted by molar-refractivity contribution is 5.99. The largest absolute Gasteiger partial charge is 0.459 e. The number of carbonyl (C=O) groups excluding carboxylic acids is 3. The molecular weight excluding hydrogens is 396 g/mol. The normalized spacial score (nSPS) is 11.5. The predicted molar refractivity (Wildman–Crippen MR) is 102 cm³/mol. The van der Waals surface area contributed by atoms with Gasteiger partial charge in [-0.3, -0.25) is 9.59 Å². The lowest BCUT2D eigenvalue weighted by molar-refractivity contribution is -0.144. The van der Waals surface area contributed by atoms with E-state index in [4.69, 9.17) is 9.15 Å². The van der Waals surface area contributed by atoms with Crippen LogP contribution < -0.4 is 5.32 Å². The van der Waals surface area contributed by atoms with Crippen molar-refractivity contribution in [3.63, 3.8) is 0 Å². The summed E-state index contributed by atoms with van der Waals surface area (Å²) in [4.78, 5) is 37.0. The van der Waals surface area contributed by atoms with Gasteiger partial charge < -0.3 is 14.5 Å². The van der Waals surface area contributed by atoms with E-state index in [0.29, 0.717) is 0 Å². The second kappa shape index (κ2) is 9.60. The van der Waals surface area contributed by atoms with Gasteiger partial charge in [-0.2, -0.15) is 0 Å². The molecule has 3 aromatic rings. The lowest BCUT2D eigenvalue weighted by Crippen LogP contribution is -2.43. The number of ketones is 1. The number of hydrogen-bond donors (Lipinski definition) is 1. The Labute approximate surface area is 170 Å². The molecule has 3 rings (SSSR count). The first kappa shape index (κ1) is 20.9. The molecule has 1 N–H and O–H groups in total. The topological polar surface area (TPSA) is 85.6 Å². The number of amides is 1. The second-order valence-electron chi connectivity index (χ2n) is 6.35. The highest BCUT2D eigenvalue weighted by Gasteiger charge is 2.25. The molecule has 0 aliphatic rings. The van der Waals surface area contributed by atoms with Gasteiger partial charge in [-0.15, -0.1) is 0 Å². The van der Waals surface area contributed by atoms with Crippen LogP contribution in [-0.2, 0) is 16.0 Å². The van der Waals surface area contributed by atoms with Crippen LogP contribution >= 0.6 is 0 Å². The summed E-state index contributed by atoms with van der Waals surface area (Å²) in [6.45, 7) is -0.689. The number of hydrogen-bond acceptors (Lipinski definition) is 5. The summed E-state index contributed by atoms with van der Waals surface area (Å²) < 4.78 is 36.4. The Morgan fingerprint density at radius 2 is 1.73 bits per heavy atom. The Bertz CT molecular complexity index is 1030. The summed E-state index contributed by atoms with van der Waals surface area (Å²) in [6, 6.07) is 13.4. The van der Waals surface area contributed by atoms with Gasteiger partial charge in [-0.25, -0.2) is 13.6 Å². The molecule has 1 aromatic heterocycles. The zero-order valence-corrected chi connectivity index (χ0v) is 15.6. The average molecular weight is 413 g/mol. The number of nitrogens with one attached hydrogen (secondary N) is 1. The van der Waals surface area contributed by atoms with E-state index in [1.165, 1.54) is 18.4 Å². The third kappa shape index (κ3) is 5.38. The fraction of sp³-hybridized carbons (Fsp3) is 0.136. The van der Waals surface area contributed by atoms with Crippen molar-refractivity contribution in [2.45, 2.75) is 12.5 Å². The van der Waals surface area contributed by atoms with Crippen molar-refractivity contribution in [1.29, 1.82) is 0 Å². The standard InChI is InChI=1S/C22H17F2NO5/c23-16-9-8-15(12-17(16)24)19(26)13-30-22(28)18(11-14-5-2-1-3-6-14)25-21(27)20-7-4-10-29-20/h1-10,12,18H,11,13H2,(H,25,27)/t18-/m0/s1. The number of rotatable bonds is 8. The number of Topliss-reactive ketones (excluding diaryl/α,β-unsaturated/α-hetero) is 1. The predicted octanol–water partition coefficient (Wildman–Crippen LogP) is 3.33. The zero-order chi connectivity index (χ0) is 21.5. The maximum atomic E-state index is 13.3. The molecule has 154 valence electrons. The molecule has 0 radical (unpaired) electrons. The van der Waals surface area contributed by atoms with Crippen LogP contribution in [0.15, 0.2) is 71.3 Å². The third-order valence-electron chi connectivity index (χ3n) is 4.20. The van der Waals surface area contributed by atoms with Gasteiger partial charge in [-0.1, -0.05) is 30.3 Å². The zero-order valence-electron chi connectivity index (χ0n) is 15.6. The molecule has 0 unspecified atom stereocenters. The number of ether oxygens (including phenoxy) is 1. The Morgan fingerprint density at radius 3 is 2.40 bits per heavy atom. The van der Waals surface area contributed by atoms with E-state index in [9.17, 15) is 23.2 Å². The molecule has 0 saturated carbocycles. The minimum atomic E-state index is -1.18. The summed E-state index contributed by atoms with van der Waals surface area (Å²) in [5.74, 6) is -4.44. The van der Waals surface area contributed by atoms with Crippen molar-refractivity contribution in [1.82, 2.24) is 5.32 Å². The molecule has 0 aliphatic carbocycles. The van der Waals surface area contributed by atoms with Crippen molar-refractivity contribution in [3.05, 3.63) is 95.4 Å². The molecule has 8 heteroatoms. The molecule has 1 heterocycles. The van der Waals surface area contributed by atoms with Crippen LogP contribution in [0.1, 0.15) is 26.5 Å². The van der Waals surface area contributed by atoms with E-state index in [0.717, 1.165) is 23.8 Å². The van der Waals surface area contributed by atoms with Crippen LogP contribution in [-0.4, -0.2) is 30.3 Å². The lowest BCUT2D eigenvalue weighted by atomic mass is 10.1. The van der Waals surface area contributed by atoms with Gasteiger partial charge in [0.25, 0.3) is 5.91 Å². The maximum absolute atomic E-state index is 13.3. The van der Waals surface area contributed by atoms with Crippen LogP contribution in [0.4, 0.5) is 8.78 Å². The van der Waals surface area contributed by atoms with Crippen LogP contribution in [0, 0.1) is 11.6 Å². The molecule has 0 saturated heterocycles. The van der Waals surface area contributed by atoms with E-state index in [-0.39, 0.29) is 17.7 Å². The van der Waals surface area contributed by atoms with Crippen molar-refractivity contribution >= 4 is 17.7 Å². The SMILES string of the molecule is O=C(COC(=O)[C@H](Cc1ccccc1)NC(=O)c1ccco1)c1ccc(F)c(F)c1. The molecule has 0 bridgehead atoms. The first-order valence-corrected chi connectivity index (χ1v) is 8.97. The summed E-state index contributed by atoms with van der Waals surface area (Å²) in [6.07, 6.45) is 1.44. The Balaban J connectivity index is 1.68. The average Bonchev–Trinajstić information content (AvgIpc) is 3.29. The maximum Gasteiger partial charge on any atom is 0.329 e. The number of carbonyl (C=O) groups is 3. The molecule has 0 fully saturated rings. The molecule has 2 aromatic carbocycles. The molecule has 6 nitrogen and oxygen atoms in total. The van der Waals surface area contributed by atoms with Crippen molar-refractivity contribution in [2.24, 2.45) is 0 Å². The van der Waals surface area contributed by atoms with Gasteiger partial charge >= 0.3 is 5.97 Å². The minimum absolute atomic E-state index is 0.0127. The van der Waals surface area contributed by atoms with E-state index >= 15 is 0 Å². The van der Waals surface area contributed by atoms with E-state index in [1.807, 2.05) is 0 Å². The molecule has 1 atom stereocenters. The Morgan fingerprint density at radius 1 is 0.967 bits per heavy atom. The Kier molecular flexibility index (Phi) is 6.69. The third-order valence-corrected chi connectivity index (χ3v) is 4.20. The van der Waals surface area contributed by atoms with E-state index in [2.05, 4.69) is 5.32 Å². The van der Waals surface area contributed by atoms with Gasteiger partial charge in [0.05, 0.1) is 6.26 Å². The first-order valence-electron chi connectivity index (χ1n) is 8.97. The highest BCUT2D eigenvalue weighted by Crippen LogP contribution is 2.11. The van der Waals surface area contributed by atoms with Crippen LogP contribution in [0.25, 0.3) is 0 Å². The van der Waals surface area contributed by atoms with Crippen molar-refractivity contribution < 1.29 is 32.3 Å². The fourth-order valence-corrected chi connectivity index (χ4v) is 2.67. The van der Waals surface area contributed by atoms with Crippen molar-refractivity contribution in [3.8, 4) is 0 Å². The summed E-state index contributed by atoms with van der Waals surface area (Å²) in [5, 5.41) is 2.52. The fourth-order valence-electron chi connectivity index (χ4n) is 2.67. The van der Waals surface area contributed by atoms with Gasteiger partial charge in [0.2, 0.25) is 0 Å². The van der Waals surface area contributed by atoms with E-state index in [1.54, 1.807) is 30.3 Å². The molecule has 0 aliphatic heterocycles. The first-order chi connectivity index (χ1) is 14.4. The quantitative estimate of drug-likeness (QED) is 0.452. The summed E-state index contributed by atoms with van der Waals surface area (Å²) >= 11 is 0. The van der Waals surface area contributed by atoms with Crippen molar-refractivity contribution in [2.75, 3.05) is 6.61 Å². The lowest BCUT2D eigenvalue weighted by Gasteiger charge is -2.17. The molecule has 30 heavy (non-hydrogen) atoms. The number of esters is 1. The van der Waals surface area contributed by atoms with Gasteiger partial charge in [0, 0.05) is 12.0 Å². The highest BCUT2D eigenvalue weighted by atomic mass is 19.2. The van der Waals surface area contributed by atoms with Gasteiger partial charge in [-0.05, 0) is 35.9 Å². The molecular formula is C22H17F2NO5. The summed E-state index contributed by atoms with van der Waals surface area (Å²) in [7, 11) is 0. The van der Waals surface area contributed by atoms with Gasteiger partial charge in [0.1, 0.15) is 6.04 Å². The summed E-state index contributed by atoms with van der Waals surface area (Å²) in [5.41, 5.74) is 0.618. The number of halogens is 2. The van der Waals surface area contributed by atoms with Crippen LogP contribution in [0.5, 0.6) is 0 Å². The molecule has 0 spiro atoms. The van der Waals surface area contributed by atoms with E-state index < -0.39 is 41.9 Å².